The Morgan fingerprint density at radius 3 is 1.14 bits per heavy atom. The van der Waals surface area contributed by atoms with Gasteiger partial charge in [0.05, 0.1) is 26.4 Å². The summed E-state index contributed by atoms with van der Waals surface area (Å²) in [6.07, 6.45) is 12.2. The summed E-state index contributed by atoms with van der Waals surface area (Å²) >= 11 is 0. The van der Waals surface area contributed by atoms with Crippen LogP contribution >= 0.6 is 15.2 Å². The third-order valence-electron chi connectivity index (χ3n) is 4.53. The zero-order valence-electron chi connectivity index (χ0n) is 19.4. The predicted molar refractivity (Wildman–Crippen MR) is 122 cm³/mol. The van der Waals surface area contributed by atoms with Crippen molar-refractivity contribution < 1.29 is 27.2 Å². The summed E-state index contributed by atoms with van der Waals surface area (Å²) in [5, 5.41) is 0. The first kappa shape index (κ1) is 29.3. The van der Waals surface area contributed by atoms with Crippen LogP contribution in [0.2, 0.25) is 0 Å². The van der Waals surface area contributed by atoms with Crippen LogP contribution in [0.15, 0.2) is 0 Å². The van der Waals surface area contributed by atoms with E-state index in [1.165, 1.54) is 0 Å². The zero-order chi connectivity index (χ0) is 21.8. The van der Waals surface area contributed by atoms with Crippen molar-refractivity contribution in [2.24, 2.45) is 0 Å². The number of rotatable bonds is 22. The van der Waals surface area contributed by atoms with E-state index in [0.29, 0.717) is 19.8 Å². The number of hydrogen-bond acceptors (Lipinski definition) is 6. The molecule has 0 aromatic carbocycles. The van der Waals surface area contributed by atoms with Crippen molar-refractivity contribution >= 4 is 15.2 Å². The minimum atomic E-state index is -3.54. The lowest BCUT2D eigenvalue weighted by Gasteiger charge is -2.24. The highest BCUT2D eigenvalue weighted by Gasteiger charge is 2.38. The third-order valence-corrected chi connectivity index (χ3v) is 9.68. The number of hydrogen-bond donors (Lipinski definition) is 0. The molecule has 0 saturated heterocycles. The summed E-state index contributed by atoms with van der Waals surface area (Å²) in [5.41, 5.74) is 0. The van der Waals surface area contributed by atoms with Crippen LogP contribution in [0.4, 0.5) is 0 Å². The Kier molecular flexibility index (Phi) is 19.2. The van der Waals surface area contributed by atoms with Crippen molar-refractivity contribution in [3.05, 3.63) is 0 Å². The second kappa shape index (κ2) is 19.0. The molecule has 0 aliphatic carbocycles. The Labute approximate surface area is 179 Å². The first-order valence-electron chi connectivity index (χ1n) is 11.7. The molecule has 0 rings (SSSR count). The van der Waals surface area contributed by atoms with Crippen LogP contribution in [0.5, 0.6) is 0 Å². The monoisotopic (exact) mass is 456 g/mol. The highest BCUT2D eigenvalue weighted by Crippen LogP contribution is 2.64. The summed E-state index contributed by atoms with van der Waals surface area (Å²) in [6, 6.07) is 0. The maximum atomic E-state index is 13.3. The van der Waals surface area contributed by atoms with Gasteiger partial charge in [-0.05, 0) is 26.2 Å². The zero-order valence-corrected chi connectivity index (χ0v) is 21.2. The van der Waals surface area contributed by atoms with E-state index in [2.05, 4.69) is 20.8 Å². The Morgan fingerprint density at radius 1 is 0.483 bits per heavy atom. The molecule has 0 aromatic heterocycles. The van der Waals surface area contributed by atoms with Crippen LogP contribution in [0.1, 0.15) is 105 Å². The Hall–Kier alpha value is 0.300. The van der Waals surface area contributed by atoms with Crippen molar-refractivity contribution in [2.75, 3.05) is 32.3 Å². The smallest absolute Gasteiger partial charge is 0.308 e. The lowest BCUT2D eigenvalue weighted by molar-refractivity contribution is 0.189. The van der Waals surface area contributed by atoms with Gasteiger partial charge in [-0.1, -0.05) is 78.6 Å². The van der Waals surface area contributed by atoms with Crippen molar-refractivity contribution in [2.45, 2.75) is 105 Å². The molecule has 0 aliphatic heterocycles. The lowest BCUT2D eigenvalue weighted by atomic mass is 10.2. The van der Waals surface area contributed by atoms with E-state index >= 15 is 0 Å². The van der Waals surface area contributed by atoms with Crippen LogP contribution in [0, 0.1) is 0 Å². The van der Waals surface area contributed by atoms with E-state index in [1.807, 2.05) is 0 Å². The predicted octanol–water partition coefficient (Wildman–Crippen LogP) is 8.16. The van der Waals surface area contributed by atoms with Gasteiger partial charge in [-0.25, -0.2) is 0 Å². The molecular formula is C21H46O6P2. The third kappa shape index (κ3) is 16.6. The normalized spacial score (nSPS) is 14.2. The van der Waals surface area contributed by atoms with Gasteiger partial charge < -0.3 is 18.1 Å². The fourth-order valence-electron chi connectivity index (χ4n) is 2.84. The Bertz CT molecular complexity index is 440. The molecule has 0 amide bonds. The van der Waals surface area contributed by atoms with Gasteiger partial charge in [0, 0.05) is 0 Å². The first-order chi connectivity index (χ1) is 13.9. The molecule has 1 atom stereocenters. The molecule has 0 aliphatic rings. The summed E-state index contributed by atoms with van der Waals surface area (Å²) in [6.45, 7) is 9.43. The van der Waals surface area contributed by atoms with Gasteiger partial charge in [0.25, 0.3) is 0 Å². The summed E-state index contributed by atoms with van der Waals surface area (Å²) in [5.74, 6) is -0.302. The molecule has 176 valence electrons. The quantitative estimate of drug-likeness (QED) is 0.121. The SMILES string of the molecule is CCCCCCOP(=O)(CP(=O)(OCCCCCC)OCCCCCC)OCC. The summed E-state index contributed by atoms with van der Waals surface area (Å²) in [4.78, 5) is 0. The Morgan fingerprint density at radius 2 is 0.828 bits per heavy atom. The topological polar surface area (TPSA) is 71.1 Å². The average Bonchev–Trinajstić information content (AvgIpc) is 2.67. The second-order valence-corrected chi connectivity index (χ2v) is 12.1. The van der Waals surface area contributed by atoms with Crippen LogP contribution in [-0.4, -0.2) is 32.3 Å². The standard InChI is InChI=1S/C21H46O6P2/c1-5-9-12-15-18-25-28(22,24-8-4)21-29(23,26-19-16-13-10-6-2)27-20-17-14-11-7-3/h5-21H2,1-4H3. The highest BCUT2D eigenvalue weighted by atomic mass is 31.2. The molecule has 0 fully saturated rings. The van der Waals surface area contributed by atoms with Gasteiger partial charge >= 0.3 is 15.2 Å². The average molecular weight is 457 g/mol. The molecule has 0 radical (unpaired) electrons. The van der Waals surface area contributed by atoms with Gasteiger partial charge in [0.2, 0.25) is 0 Å². The van der Waals surface area contributed by atoms with E-state index < -0.39 is 15.2 Å². The fourth-order valence-corrected chi connectivity index (χ4v) is 7.61. The lowest BCUT2D eigenvalue weighted by Crippen LogP contribution is -2.08. The van der Waals surface area contributed by atoms with Crippen molar-refractivity contribution in [1.82, 2.24) is 0 Å². The summed E-state index contributed by atoms with van der Waals surface area (Å²) < 4.78 is 48.8. The van der Waals surface area contributed by atoms with Gasteiger partial charge in [-0.15, -0.1) is 0 Å². The molecule has 6 nitrogen and oxygen atoms in total. The van der Waals surface area contributed by atoms with E-state index in [9.17, 15) is 9.13 Å². The van der Waals surface area contributed by atoms with Crippen molar-refractivity contribution in [3.8, 4) is 0 Å². The molecule has 29 heavy (non-hydrogen) atoms. The molecule has 8 heteroatoms. The van der Waals surface area contributed by atoms with Gasteiger partial charge in [-0.2, -0.15) is 0 Å². The summed E-state index contributed by atoms with van der Waals surface area (Å²) in [7, 11) is -7.07. The first-order valence-corrected chi connectivity index (χ1v) is 15.2. The largest absolute Gasteiger partial charge is 0.342 e. The maximum absolute atomic E-state index is 13.3. The van der Waals surface area contributed by atoms with Crippen LogP contribution in [0.3, 0.4) is 0 Å². The molecule has 0 heterocycles. The molecule has 0 saturated carbocycles. The van der Waals surface area contributed by atoms with E-state index in [1.54, 1.807) is 6.92 Å². The minimum absolute atomic E-state index is 0.235. The molecule has 1 unspecified atom stereocenters. The minimum Gasteiger partial charge on any atom is -0.308 e. The van der Waals surface area contributed by atoms with Crippen LogP contribution in [0.25, 0.3) is 0 Å². The van der Waals surface area contributed by atoms with E-state index in [-0.39, 0.29) is 12.5 Å². The maximum Gasteiger partial charge on any atom is 0.342 e. The molecule has 0 bridgehead atoms. The second-order valence-electron chi connectivity index (χ2n) is 7.46. The van der Waals surface area contributed by atoms with Crippen molar-refractivity contribution in [1.29, 1.82) is 0 Å². The van der Waals surface area contributed by atoms with E-state index in [4.69, 9.17) is 18.1 Å². The number of unbranched alkanes of at least 4 members (excludes halogenated alkanes) is 9. The molecule has 0 N–H and O–H groups in total. The molecule has 0 spiro atoms. The van der Waals surface area contributed by atoms with Crippen molar-refractivity contribution in [3.63, 3.8) is 0 Å². The van der Waals surface area contributed by atoms with Gasteiger partial charge in [-0.3, -0.25) is 9.13 Å². The molecule has 0 aromatic rings. The Balaban J connectivity index is 4.82. The molecular weight excluding hydrogens is 410 g/mol. The van der Waals surface area contributed by atoms with Crippen LogP contribution < -0.4 is 0 Å². The highest BCUT2D eigenvalue weighted by molar-refractivity contribution is 7.71. The fraction of sp³-hybridized carbons (Fsp3) is 1.00. The van der Waals surface area contributed by atoms with Gasteiger partial charge in [0.15, 0.2) is 5.90 Å². The van der Waals surface area contributed by atoms with E-state index in [0.717, 1.165) is 77.0 Å². The van der Waals surface area contributed by atoms with Crippen LogP contribution in [-0.2, 0) is 27.2 Å². The van der Waals surface area contributed by atoms with Gasteiger partial charge in [0.1, 0.15) is 0 Å².